The maximum Gasteiger partial charge on any atom is 0.472 e. The number of rotatable bonds is 45. The molecule has 2 atom stereocenters. The van der Waals surface area contributed by atoms with E-state index in [0.29, 0.717) is 6.42 Å². The smallest absolute Gasteiger partial charge is 0.472 e. The first-order valence-corrected chi connectivity index (χ1v) is 24.7. The summed E-state index contributed by atoms with van der Waals surface area (Å²) in [6.07, 6.45) is 47.5. The topological polar surface area (TPSA) is 117 Å². The minimum absolute atomic E-state index is 0.0388. The Bertz CT molecular complexity index is 843. The van der Waals surface area contributed by atoms with Gasteiger partial charge in [0.05, 0.1) is 19.5 Å². The van der Waals surface area contributed by atoms with Crippen molar-refractivity contribution in [2.45, 2.75) is 245 Å². The molecule has 8 nitrogen and oxygen atoms in total. The molecule has 0 aromatic heterocycles. The molecule has 0 saturated carbocycles. The summed E-state index contributed by atoms with van der Waals surface area (Å²) >= 11 is 0. The van der Waals surface area contributed by atoms with E-state index in [0.717, 1.165) is 32.1 Å². The highest BCUT2D eigenvalue weighted by Gasteiger charge is 2.25. The Morgan fingerprint density at radius 3 is 1.31 bits per heavy atom. The molecule has 0 bridgehead atoms. The Morgan fingerprint density at radius 1 is 0.556 bits per heavy atom. The summed E-state index contributed by atoms with van der Waals surface area (Å²) in [6, 6.07) is 0. The lowest BCUT2D eigenvalue weighted by molar-refractivity contribution is -0.153. The van der Waals surface area contributed by atoms with Gasteiger partial charge >= 0.3 is 13.8 Å². The van der Waals surface area contributed by atoms with Crippen LogP contribution in [-0.2, 0) is 27.9 Å². The van der Waals surface area contributed by atoms with E-state index in [-0.39, 0.29) is 32.3 Å². The van der Waals surface area contributed by atoms with Crippen molar-refractivity contribution in [3.8, 4) is 0 Å². The molecule has 9 heteroatoms. The molecule has 0 radical (unpaired) electrons. The molecular formula is C45H90NO7P. The van der Waals surface area contributed by atoms with Crippen molar-refractivity contribution >= 4 is 13.8 Å². The normalized spacial score (nSPS) is 13.4. The standard InChI is InChI=1S/C45H90NO7P/c1-3-5-7-9-11-13-15-17-19-21-22-23-24-26-28-30-32-34-36-38-45(47)53-44(43-52-54(48,49)51-41-39-46)42-50-40-37-35-33-31-29-27-25-20-18-16-14-12-10-8-6-4-2/h37,40,44H,3-36,38-39,41-43,46H2,1-2H3,(H,48,49)/b40-37+/t44-/m1/s1. The molecule has 322 valence electrons. The van der Waals surface area contributed by atoms with Gasteiger partial charge < -0.3 is 20.1 Å². The van der Waals surface area contributed by atoms with Crippen LogP contribution in [-0.4, -0.2) is 43.3 Å². The number of allylic oxidation sites excluding steroid dienone is 1. The molecule has 0 saturated heterocycles. The van der Waals surface area contributed by atoms with Gasteiger partial charge in [-0.25, -0.2) is 4.57 Å². The molecule has 1 unspecified atom stereocenters. The third-order valence-electron chi connectivity index (χ3n) is 10.3. The van der Waals surface area contributed by atoms with Crippen LogP contribution >= 0.6 is 7.82 Å². The third-order valence-corrected chi connectivity index (χ3v) is 11.3. The number of carbonyl (C=O) groups excluding carboxylic acids is 1. The average Bonchev–Trinajstić information content (AvgIpc) is 3.16. The maximum absolute atomic E-state index is 12.6. The molecular weight excluding hydrogens is 697 g/mol. The van der Waals surface area contributed by atoms with Gasteiger partial charge in [-0.15, -0.1) is 0 Å². The predicted octanol–water partition coefficient (Wildman–Crippen LogP) is 14.2. The number of hydrogen-bond donors (Lipinski definition) is 2. The monoisotopic (exact) mass is 788 g/mol. The van der Waals surface area contributed by atoms with E-state index in [1.54, 1.807) is 6.26 Å². The molecule has 3 N–H and O–H groups in total. The summed E-state index contributed by atoms with van der Waals surface area (Å²) in [4.78, 5) is 22.5. The highest BCUT2D eigenvalue weighted by molar-refractivity contribution is 7.47. The highest BCUT2D eigenvalue weighted by Crippen LogP contribution is 2.43. The van der Waals surface area contributed by atoms with Gasteiger partial charge in [0, 0.05) is 13.0 Å². The first-order valence-electron chi connectivity index (χ1n) is 23.2. The van der Waals surface area contributed by atoms with Crippen LogP contribution in [0.3, 0.4) is 0 Å². The van der Waals surface area contributed by atoms with Crippen molar-refractivity contribution in [3.05, 3.63) is 12.3 Å². The summed E-state index contributed by atoms with van der Waals surface area (Å²) in [5.74, 6) is -0.346. The van der Waals surface area contributed by atoms with Gasteiger partial charge in [-0.1, -0.05) is 213 Å². The number of hydrogen-bond acceptors (Lipinski definition) is 7. The highest BCUT2D eigenvalue weighted by atomic mass is 31.2. The molecule has 0 heterocycles. The van der Waals surface area contributed by atoms with Gasteiger partial charge in [0.15, 0.2) is 6.10 Å². The number of esters is 1. The fourth-order valence-corrected chi connectivity index (χ4v) is 7.61. The number of phosphoric acid groups is 1. The molecule has 0 fully saturated rings. The van der Waals surface area contributed by atoms with Crippen molar-refractivity contribution in [1.29, 1.82) is 0 Å². The first kappa shape index (κ1) is 53.1. The van der Waals surface area contributed by atoms with Crippen LogP contribution in [0.2, 0.25) is 0 Å². The van der Waals surface area contributed by atoms with Crippen LogP contribution in [0.1, 0.15) is 239 Å². The number of unbranched alkanes of at least 4 members (excludes halogenated alkanes) is 32. The SMILES string of the molecule is CCCCCCCCCCCCCCCC/C=C/OC[C@H](COP(=O)(O)OCCN)OC(=O)CCCCCCCCCCCCCCCCCCCCC. The van der Waals surface area contributed by atoms with E-state index in [1.807, 2.05) is 6.08 Å². The number of nitrogens with two attached hydrogens (primary N) is 1. The average molecular weight is 788 g/mol. The first-order chi connectivity index (χ1) is 26.4. The zero-order chi connectivity index (χ0) is 39.5. The quantitative estimate of drug-likeness (QED) is 0.0271. The Labute approximate surface area is 334 Å². The molecule has 0 aromatic rings. The molecule has 54 heavy (non-hydrogen) atoms. The van der Waals surface area contributed by atoms with Crippen LogP contribution in [0.5, 0.6) is 0 Å². The van der Waals surface area contributed by atoms with Gasteiger partial charge in [-0.05, 0) is 25.3 Å². The molecule has 0 aliphatic carbocycles. The lowest BCUT2D eigenvalue weighted by Gasteiger charge is -2.19. The van der Waals surface area contributed by atoms with Crippen LogP contribution < -0.4 is 5.73 Å². The fraction of sp³-hybridized carbons (Fsp3) is 0.933. The minimum atomic E-state index is -4.29. The van der Waals surface area contributed by atoms with Crippen LogP contribution in [0.25, 0.3) is 0 Å². The summed E-state index contributed by atoms with van der Waals surface area (Å²) in [6.45, 7) is 4.29. The van der Waals surface area contributed by atoms with E-state index >= 15 is 0 Å². The van der Waals surface area contributed by atoms with Crippen LogP contribution in [0.4, 0.5) is 0 Å². The Hall–Kier alpha value is -0.920. The zero-order valence-electron chi connectivity index (χ0n) is 35.7. The summed E-state index contributed by atoms with van der Waals surface area (Å²) in [7, 11) is -4.29. The van der Waals surface area contributed by atoms with Crippen LogP contribution in [0.15, 0.2) is 12.3 Å². The molecule has 0 aliphatic rings. The van der Waals surface area contributed by atoms with Gasteiger partial charge in [-0.2, -0.15) is 0 Å². The van der Waals surface area contributed by atoms with Crippen molar-refractivity contribution in [1.82, 2.24) is 0 Å². The largest absolute Gasteiger partial charge is 0.498 e. The van der Waals surface area contributed by atoms with Crippen molar-refractivity contribution in [3.63, 3.8) is 0 Å². The third kappa shape index (κ3) is 42.2. The Morgan fingerprint density at radius 2 is 0.926 bits per heavy atom. The minimum Gasteiger partial charge on any atom is -0.498 e. The Kier molecular flexibility index (Phi) is 42.5. The lowest BCUT2D eigenvalue weighted by Crippen LogP contribution is -2.27. The van der Waals surface area contributed by atoms with Gasteiger partial charge in [-0.3, -0.25) is 13.8 Å². The van der Waals surface area contributed by atoms with E-state index in [1.165, 1.54) is 186 Å². The second-order valence-electron chi connectivity index (χ2n) is 15.7. The van der Waals surface area contributed by atoms with E-state index in [4.69, 9.17) is 24.3 Å². The number of carbonyl (C=O) groups is 1. The van der Waals surface area contributed by atoms with E-state index in [9.17, 15) is 14.3 Å². The number of phosphoric ester groups is 1. The predicted molar refractivity (Wildman–Crippen MR) is 229 cm³/mol. The van der Waals surface area contributed by atoms with Crippen molar-refractivity contribution in [2.75, 3.05) is 26.4 Å². The number of ether oxygens (including phenoxy) is 2. The molecule has 0 rings (SSSR count). The molecule has 0 aromatic carbocycles. The molecule has 0 aliphatic heterocycles. The second-order valence-corrected chi connectivity index (χ2v) is 17.2. The molecule has 0 spiro atoms. The van der Waals surface area contributed by atoms with E-state index in [2.05, 4.69) is 13.8 Å². The summed E-state index contributed by atoms with van der Waals surface area (Å²) in [5.41, 5.74) is 5.37. The maximum atomic E-state index is 12.6. The second kappa shape index (κ2) is 43.2. The van der Waals surface area contributed by atoms with Gasteiger partial charge in [0.2, 0.25) is 0 Å². The van der Waals surface area contributed by atoms with Crippen molar-refractivity contribution < 1.29 is 32.8 Å². The summed E-state index contributed by atoms with van der Waals surface area (Å²) in [5, 5.41) is 0. The molecule has 0 amide bonds. The zero-order valence-corrected chi connectivity index (χ0v) is 36.6. The lowest BCUT2D eigenvalue weighted by atomic mass is 10.0. The van der Waals surface area contributed by atoms with Crippen molar-refractivity contribution in [2.24, 2.45) is 5.73 Å². The van der Waals surface area contributed by atoms with Gasteiger partial charge in [0.25, 0.3) is 0 Å². The van der Waals surface area contributed by atoms with E-state index < -0.39 is 13.9 Å². The summed E-state index contributed by atoms with van der Waals surface area (Å²) < 4.78 is 33.2. The van der Waals surface area contributed by atoms with Gasteiger partial charge in [0.1, 0.15) is 6.61 Å². The Balaban J connectivity index is 3.99. The fourth-order valence-electron chi connectivity index (χ4n) is 6.85. The van der Waals surface area contributed by atoms with Crippen LogP contribution in [0, 0.1) is 0 Å².